The van der Waals surface area contributed by atoms with Gasteiger partial charge >= 0.3 is 6.36 Å². The summed E-state index contributed by atoms with van der Waals surface area (Å²) < 4.78 is 52.4. The van der Waals surface area contributed by atoms with Crippen molar-refractivity contribution in [3.8, 4) is 11.8 Å². The van der Waals surface area contributed by atoms with Gasteiger partial charge in [-0.25, -0.2) is 4.39 Å². The van der Waals surface area contributed by atoms with Crippen LogP contribution in [0.15, 0.2) is 18.2 Å². The van der Waals surface area contributed by atoms with Crippen molar-refractivity contribution in [3.63, 3.8) is 0 Å². The van der Waals surface area contributed by atoms with E-state index >= 15 is 0 Å². The molecule has 1 aromatic carbocycles. The number of nitrogens with zero attached hydrogens (tertiary/aromatic N) is 1. The van der Waals surface area contributed by atoms with Crippen molar-refractivity contribution in [2.75, 3.05) is 0 Å². The van der Waals surface area contributed by atoms with Gasteiger partial charge in [-0.3, -0.25) is 0 Å². The second kappa shape index (κ2) is 4.37. The van der Waals surface area contributed by atoms with Crippen LogP contribution >= 0.6 is 0 Å². The SMILES string of the molecule is N#CC(N)c1cccc(OC(F)(F)F)c1F. The Morgan fingerprint density at radius 2 is 2.00 bits per heavy atom. The highest BCUT2D eigenvalue weighted by Crippen LogP contribution is 2.28. The third-order valence-corrected chi connectivity index (χ3v) is 1.69. The summed E-state index contributed by atoms with van der Waals surface area (Å²) in [5.74, 6) is -2.29. The third kappa shape index (κ3) is 2.84. The first-order chi connectivity index (χ1) is 7.35. The molecule has 0 bridgehead atoms. The van der Waals surface area contributed by atoms with Crippen LogP contribution in [0.1, 0.15) is 11.6 Å². The predicted molar refractivity (Wildman–Crippen MR) is 45.6 cm³/mol. The van der Waals surface area contributed by atoms with Crippen molar-refractivity contribution in [2.45, 2.75) is 12.4 Å². The van der Waals surface area contributed by atoms with Gasteiger partial charge in [-0.2, -0.15) is 5.26 Å². The van der Waals surface area contributed by atoms with Crippen LogP contribution in [0.25, 0.3) is 0 Å². The molecule has 1 atom stereocenters. The number of nitrogens with two attached hydrogens (primary N) is 1. The molecule has 0 saturated heterocycles. The normalized spacial score (nSPS) is 13.0. The Hall–Kier alpha value is -1.81. The number of benzene rings is 1. The summed E-state index contributed by atoms with van der Waals surface area (Å²) in [6.45, 7) is 0. The van der Waals surface area contributed by atoms with Gasteiger partial charge in [0.15, 0.2) is 11.6 Å². The van der Waals surface area contributed by atoms with Crippen LogP contribution in [0.2, 0.25) is 0 Å². The van der Waals surface area contributed by atoms with E-state index < -0.39 is 24.0 Å². The Morgan fingerprint density at radius 3 is 2.50 bits per heavy atom. The zero-order valence-electron chi connectivity index (χ0n) is 7.75. The minimum atomic E-state index is -4.99. The van der Waals surface area contributed by atoms with Crippen LogP contribution in [-0.4, -0.2) is 6.36 Å². The molecular formula is C9H6F4N2O. The summed E-state index contributed by atoms with van der Waals surface area (Å²) in [5, 5.41) is 8.43. The van der Waals surface area contributed by atoms with Gasteiger partial charge in [-0.1, -0.05) is 12.1 Å². The van der Waals surface area contributed by atoms with Crippen molar-refractivity contribution in [3.05, 3.63) is 29.6 Å². The third-order valence-electron chi connectivity index (χ3n) is 1.69. The van der Waals surface area contributed by atoms with E-state index in [1.807, 2.05) is 0 Å². The zero-order valence-corrected chi connectivity index (χ0v) is 7.75. The van der Waals surface area contributed by atoms with Crippen LogP contribution in [0.4, 0.5) is 17.6 Å². The number of alkyl halides is 3. The molecule has 7 heteroatoms. The second-order valence-electron chi connectivity index (χ2n) is 2.81. The number of rotatable bonds is 2. The Balaban J connectivity index is 3.10. The summed E-state index contributed by atoms with van der Waals surface area (Å²) in [6.07, 6.45) is -4.99. The van der Waals surface area contributed by atoms with E-state index in [4.69, 9.17) is 11.0 Å². The molecular weight excluding hydrogens is 228 g/mol. The second-order valence-corrected chi connectivity index (χ2v) is 2.81. The molecule has 0 fully saturated rings. The summed E-state index contributed by atoms with van der Waals surface area (Å²) in [7, 11) is 0. The van der Waals surface area contributed by atoms with Gasteiger partial charge in [0.2, 0.25) is 0 Å². The molecule has 0 heterocycles. The first-order valence-electron chi connectivity index (χ1n) is 4.04. The van der Waals surface area contributed by atoms with E-state index in [1.54, 1.807) is 0 Å². The molecule has 86 valence electrons. The maximum Gasteiger partial charge on any atom is 0.573 e. The molecule has 16 heavy (non-hydrogen) atoms. The number of halogens is 4. The maximum absolute atomic E-state index is 13.4. The molecule has 0 saturated carbocycles. The van der Waals surface area contributed by atoms with Crippen LogP contribution in [0, 0.1) is 17.1 Å². The Bertz CT molecular complexity index is 424. The van der Waals surface area contributed by atoms with Gasteiger partial charge < -0.3 is 10.5 Å². The van der Waals surface area contributed by atoms with Crippen molar-refractivity contribution >= 4 is 0 Å². The highest BCUT2D eigenvalue weighted by atomic mass is 19.4. The van der Waals surface area contributed by atoms with Gasteiger partial charge in [0.25, 0.3) is 0 Å². The van der Waals surface area contributed by atoms with Crippen molar-refractivity contribution in [1.29, 1.82) is 5.26 Å². The smallest absolute Gasteiger partial charge is 0.403 e. The van der Waals surface area contributed by atoms with Crippen LogP contribution in [-0.2, 0) is 0 Å². The van der Waals surface area contributed by atoms with E-state index in [9.17, 15) is 17.6 Å². The summed E-state index contributed by atoms with van der Waals surface area (Å²) in [6, 6.07) is 3.22. The minimum Gasteiger partial charge on any atom is -0.403 e. The van der Waals surface area contributed by atoms with Crippen LogP contribution in [0.5, 0.6) is 5.75 Å². The molecule has 2 N–H and O–H groups in total. The summed E-state index contributed by atoms with van der Waals surface area (Å²) >= 11 is 0. The Morgan fingerprint density at radius 1 is 1.38 bits per heavy atom. The highest BCUT2D eigenvalue weighted by molar-refractivity contribution is 5.35. The lowest BCUT2D eigenvalue weighted by atomic mass is 10.1. The van der Waals surface area contributed by atoms with Crippen molar-refractivity contribution < 1.29 is 22.3 Å². The van der Waals surface area contributed by atoms with E-state index in [2.05, 4.69) is 4.74 Å². The molecule has 0 aliphatic carbocycles. The molecule has 1 unspecified atom stereocenters. The van der Waals surface area contributed by atoms with Gasteiger partial charge in [-0.05, 0) is 6.07 Å². The minimum absolute atomic E-state index is 0.343. The molecule has 0 aromatic heterocycles. The fraction of sp³-hybridized carbons (Fsp3) is 0.222. The number of ether oxygens (including phenoxy) is 1. The van der Waals surface area contributed by atoms with Gasteiger partial charge in [-0.15, -0.1) is 13.2 Å². The molecule has 0 radical (unpaired) electrons. The Labute approximate surface area is 88.0 Å². The molecule has 1 aromatic rings. The molecule has 0 amide bonds. The van der Waals surface area contributed by atoms with Gasteiger partial charge in [0.1, 0.15) is 6.04 Å². The van der Waals surface area contributed by atoms with Gasteiger partial charge in [0.05, 0.1) is 6.07 Å². The lowest BCUT2D eigenvalue weighted by molar-refractivity contribution is -0.275. The molecule has 3 nitrogen and oxygen atoms in total. The summed E-state index contributed by atoms with van der Waals surface area (Å²) in [5.41, 5.74) is 4.85. The zero-order chi connectivity index (χ0) is 12.3. The van der Waals surface area contributed by atoms with Crippen LogP contribution in [0.3, 0.4) is 0 Å². The molecule has 1 rings (SSSR count). The molecule has 0 aliphatic rings. The fourth-order valence-corrected chi connectivity index (χ4v) is 1.04. The van der Waals surface area contributed by atoms with E-state index in [-0.39, 0.29) is 5.56 Å². The standard InChI is InChI=1S/C9H6F4N2O/c10-8-5(6(15)4-14)2-1-3-7(8)16-9(11,12)13/h1-3,6H,15H2. The lowest BCUT2D eigenvalue weighted by Crippen LogP contribution is -2.19. The number of hydrogen-bond acceptors (Lipinski definition) is 3. The Kier molecular flexibility index (Phi) is 3.34. The first-order valence-corrected chi connectivity index (χ1v) is 4.04. The van der Waals surface area contributed by atoms with Crippen LogP contribution < -0.4 is 10.5 Å². The predicted octanol–water partition coefficient (Wildman–Crippen LogP) is 2.25. The van der Waals surface area contributed by atoms with Crippen molar-refractivity contribution in [1.82, 2.24) is 0 Å². The monoisotopic (exact) mass is 234 g/mol. The van der Waals surface area contributed by atoms with Crippen molar-refractivity contribution in [2.24, 2.45) is 5.73 Å². The lowest BCUT2D eigenvalue weighted by Gasteiger charge is -2.12. The molecule has 0 spiro atoms. The summed E-state index contributed by atoms with van der Waals surface area (Å²) in [4.78, 5) is 0. The number of nitriles is 1. The molecule has 0 aliphatic heterocycles. The first kappa shape index (κ1) is 12.3. The number of hydrogen-bond donors (Lipinski definition) is 1. The maximum atomic E-state index is 13.4. The van der Waals surface area contributed by atoms with Gasteiger partial charge in [0, 0.05) is 5.56 Å². The van der Waals surface area contributed by atoms with E-state index in [0.717, 1.165) is 18.2 Å². The highest BCUT2D eigenvalue weighted by Gasteiger charge is 2.33. The van der Waals surface area contributed by atoms with E-state index in [0.29, 0.717) is 0 Å². The quantitative estimate of drug-likeness (QED) is 0.798. The van der Waals surface area contributed by atoms with E-state index in [1.165, 1.54) is 6.07 Å². The fourth-order valence-electron chi connectivity index (χ4n) is 1.04. The average molecular weight is 234 g/mol. The topological polar surface area (TPSA) is 59.0 Å². The average Bonchev–Trinajstić information content (AvgIpc) is 2.18. The largest absolute Gasteiger partial charge is 0.573 e.